The molecule has 0 aromatic carbocycles. The molecule has 86 valence electrons. The molecule has 0 N–H and O–H groups in total. The molecule has 0 bridgehead atoms. The van der Waals surface area contributed by atoms with Gasteiger partial charge in [0.1, 0.15) is 0 Å². The molecule has 0 unspecified atom stereocenters. The lowest BCUT2D eigenvalue weighted by Crippen LogP contribution is -2.51. The Labute approximate surface area is 77.7 Å². The molecule has 0 fully saturated rings. The normalized spacial score (nSPS) is 15.6. The fraction of sp³-hybridized carbons (Fsp3) is 1.00. The van der Waals surface area contributed by atoms with Gasteiger partial charge in [0.2, 0.25) is 19.7 Å². The lowest BCUT2D eigenvalue weighted by Gasteiger charge is -2.22. The summed E-state index contributed by atoms with van der Waals surface area (Å²) in [4.78, 5) is 0. The quantitative estimate of drug-likeness (QED) is 0.681. The highest BCUT2D eigenvalue weighted by molar-refractivity contribution is 7.95. The van der Waals surface area contributed by atoms with Crippen molar-refractivity contribution in [3.63, 3.8) is 0 Å². The molecule has 0 aliphatic heterocycles. The van der Waals surface area contributed by atoms with Gasteiger partial charge in [0, 0.05) is 12.5 Å². The van der Waals surface area contributed by atoms with Crippen LogP contribution >= 0.6 is 0 Å². The summed E-state index contributed by atoms with van der Waals surface area (Å²) in [5.74, 6) is 0. The minimum atomic E-state index is -5.63. The minimum Gasteiger partial charge on any atom is -0.223 e. The molecule has 0 aliphatic rings. The standard InChI is InChI=1S/C4H6F4O4S2/c1-13(9,10)3(5,6)4(7,8)14(2,11)12/h1-2H3. The molecule has 0 amide bonds. The Hall–Kier alpha value is -0.380. The number of rotatable bonds is 3. The number of hydrogen-bond donors (Lipinski definition) is 0. The minimum absolute atomic E-state index is 0.175. The van der Waals surface area contributed by atoms with Gasteiger partial charge in [0.25, 0.3) is 0 Å². The van der Waals surface area contributed by atoms with Crippen LogP contribution in [-0.2, 0) is 19.7 Å². The second-order valence-corrected chi connectivity index (χ2v) is 6.69. The van der Waals surface area contributed by atoms with Crippen molar-refractivity contribution < 1.29 is 34.4 Å². The lowest BCUT2D eigenvalue weighted by atomic mass is 10.7. The van der Waals surface area contributed by atoms with Crippen LogP contribution in [0.3, 0.4) is 0 Å². The van der Waals surface area contributed by atoms with Gasteiger partial charge in [-0.05, 0) is 0 Å². The maximum atomic E-state index is 12.5. The van der Waals surface area contributed by atoms with Gasteiger partial charge in [-0.2, -0.15) is 17.6 Å². The first kappa shape index (κ1) is 13.6. The van der Waals surface area contributed by atoms with Gasteiger partial charge >= 0.3 is 10.5 Å². The lowest BCUT2D eigenvalue weighted by molar-refractivity contribution is -0.0958. The van der Waals surface area contributed by atoms with Gasteiger partial charge in [-0.3, -0.25) is 0 Å². The smallest absolute Gasteiger partial charge is 0.223 e. The molecule has 0 spiro atoms. The van der Waals surface area contributed by atoms with Crippen molar-refractivity contribution >= 4 is 19.7 Å². The van der Waals surface area contributed by atoms with Gasteiger partial charge in [-0.1, -0.05) is 0 Å². The molecule has 4 nitrogen and oxygen atoms in total. The van der Waals surface area contributed by atoms with Gasteiger partial charge in [-0.25, -0.2) is 16.8 Å². The predicted octanol–water partition coefficient (Wildman–Crippen LogP) is 0.261. The highest BCUT2D eigenvalue weighted by Crippen LogP contribution is 2.41. The van der Waals surface area contributed by atoms with Crippen LogP contribution < -0.4 is 0 Å². The molecule has 0 saturated heterocycles. The number of sulfone groups is 2. The third-order valence-corrected chi connectivity index (χ3v) is 3.77. The zero-order chi connectivity index (χ0) is 12.0. The fourth-order valence-corrected chi connectivity index (χ4v) is 2.20. The van der Waals surface area contributed by atoms with E-state index in [0.717, 1.165) is 0 Å². The van der Waals surface area contributed by atoms with E-state index in [-0.39, 0.29) is 12.5 Å². The SMILES string of the molecule is CS(=O)(=O)C(F)(F)C(F)(F)S(C)(=O)=O. The van der Waals surface area contributed by atoms with Crippen molar-refractivity contribution in [2.45, 2.75) is 10.5 Å². The summed E-state index contributed by atoms with van der Waals surface area (Å²) in [6.07, 6.45) is -0.349. The van der Waals surface area contributed by atoms with Crippen molar-refractivity contribution in [2.75, 3.05) is 12.5 Å². The van der Waals surface area contributed by atoms with Crippen LogP contribution in [0.15, 0.2) is 0 Å². The van der Waals surface area contributed by atoms with Crippen LogP contribution in [0.4, 0.5) is 17.6 Å². The highest BCUT2D eigenvalue weighted by atomic mass is 32.2. The van der Waals surface area contributed by atoms with E-state index in [1.54, 1.807) is 0 Å². The second-order valence-electron chi connectivity index (χ2n) is 2.58. The van der Waals surface area contributed by atoms with Crippen LogP contribution in [0.2, 0.25) is 0 Å². The molecule has 0 radical (unpaired) electrons. The molecule has 0 rings (SSSR count). The Bertz CT molecular complexity index is 378. The Balaban J connectivity index is 5.79. The first-order chi connectivity index (χ1) is 5.75. The Morgan fingerprint density at radius 3 is 0.929 bits per heavy atom. The second kappa shape index (κ2) is 3.05. The third-order valence-electron chi connectivity index (χ3n) is 1.27. The Morgan fingerprint density at radius 1 is 0.714 bits per heavy atom. The monoisotopic (exact) mass is 258 g/mol. The van der Waals surface area contributed by atoms with Crippen LogP contribution in [0, 0.1) is 0 Å². The van der Waals surface area contributed by atoms with E-state index >= 15 is 0 Å². The molecule has 14 heavy (non-hydrogen) atoms. The largest absolute Gasteiger partial charge is 0.421 e. The summed E-state index contributed by atoms with van der Waals surface area (Å²) >= 11 is 0. The summed E-state index contributed by atoms with van der Waals surface area (Å²) in [7, 11) is -11.0. The highest BCUT2D eigenvalue weighted by Gasteiger charge is 2.70. The van der Waals surface area contributed by atoms with Gasteiger partial charge in [-0.15, -0.1) is 0 Å². The van der Waals surface area contributed by atoms with Gasteiger partial charge in [0.05, 0.1) is 0 Å². The average molecular weight is 258 g/mol. The van der Waals surface area contributed by atoms with E-state index in [1.807, 2.05) is 0 Å². The van der Waals surface area contributed by atoms with Gasteiger partial charge in [0.15, 0.2) is 0 Å². The summed E-state index contributed by atoms with van der Waals surface area (Å²) in [6.45, 7) is 0. The summed E-state index contributed by atoms with van der Waals surface area (Å²) < 4.78 is 91.0. The van der Waals surface area contributed by atoms with Crippen LogP contribution in [0.1, 0.15) is 0 Å². The Kier molecular flexibility index (Phi) is 2.97. The van der Waals surface area contributed by atoms with Crippen molar-refractivity contribution in [1.82, 2.24) is 0 Å². The molecule has 0 saturated carbocycles. The third kappa shape index (κ3) is 1.85. The molecular formula is C4H6F4O4S2. The van der Waals surface area contributed by atoms with Crippen LogP contribution in [0.25, 0.3) is 0 Å². The van der Waals surface area contributed by atoms with Crippen LogP contribution in [-0.4, -0.2) is 39.9 Å². The molecular weight excluding hydrogens is 252 g/mol. The van der Waals surface area contributed by atoms with E-state index in [2.05, 4.69) is 0 Å². The molecule has 0 atom stereocenters. The fourth-order valence-electron chi connectivity index (χ4n) is 0.432. The van der Waals surface area contributed by atoms with Crippen molar-refractivity contribution in [3.8, 4) is 0 Å². The van der Waals surface area contributed by atoms with E-state index < -0.39 is 30.2 Å². The first-order valence-corrected chi connectivity index (χ1v) is 6.68. The van der Waals surface area contributed by atoms with Crippen molar-refractivity contribution in [3.05, 3.63) is 0 Å². The van der Waals surface area contributed by atoms with E-state index in [4.69, 9.17) is 0 Å². The van der Waals surface area contributed by atoms with Crippen molar-refractivity contribution in [2.24, 2.45) is 0 Å². The maximum Gasteiger partial charge on any atom is 0.421 e. The average Bonchev–Trinajstić information content (AvgIpc) is 1.81. The maximum absolute atomic E-state index is 12.5. The predicted molar refractivity (Wildman–Crippen MR) is 39.6 cm³/mol. The molecule has 0 aliphatic carbocycles. The first-order valence-electron chi connectivity index (χ1n) is 2.90. The zero-order valence-electron chi connectivity index (χ0n) is 6.96. The van der Waals surface area contributed by atoms with Gasteiger partial charge < -0.3 is 0 Å². The molecule has 10 heteroatoms. The van der Waals surface area contributed by atoms with E-state index in [1.165, 1.54) is 0 Å². The summed E-state index contributed by atoms with van der Waals surface area (Å²) in [5, 5.41) is -11.3. The molecule has 0 aromatic rings. The molecule has 0 aromatic heterocycles. The topological polar surface area (TPSA) is 68.3 Å². The number of alkyl halides is 4. The molecule has 0 heterocycles. The zero-order valence-corrected chi connectivity index (χ0v) is 8.59. The van der Waals surface area contributed by atoms with E-state index in [0.29, 0.717) is 0 Å². The summed E-state index contributed by atoms with van der Waals surface area (Å²) in [6, 6.07) is 0. The van der Waals surface area contributed by atoms with Crippen molar-refractivity contribution in [1.29, 1.82) is 0 Å². The van der Waals surface area contributed by atoms with Crippen LogP contribution in [0.5, 0.6) is 0 Å². The Morgan fingerprint density at radius 2 is 0.857 bits per heavy atom. The van der Waals surface area contributed by atoms with E-state index in [9.17, 15) is 34.4 Å². The summed E-state index contributed by atoms with van der Waals surface area (Å²) in [5.41, 5.74) is 0. The number of halogens is 4. The number of hydrogen-bond acceptors (Lipinski definition) is 4.